The van der Waals surface area contributed by atoms with Crippen molar-refractivity contribution in [3.8, 4) is 0 Å². The molecule has 1 unspecified atom stereocenters. The van der Waals surface area contributed by atoms with Crippen molar-refractivity contribution in [2.75, 3.05) is 0 Å². The number of aliphatic carboxylic acids is 1. The molecule has 1 aromatic heterocycles. The van der Waals surface area contributed by atoms with Crippen LogP contribution in [0.2, 0.25) is 0 Å². The van der Waals surface area contributed by atoms with Gasteiger partial charge < -0.3 is 14.8 Å². The van der Waals surface area contributed by atoms with Crippen LogP contribution in [0, 0.1) is 6.92 Å². The standard InChI is InChI=1S/C10H13NO4/c1-6-3-4-8(15-6)5-9(12)11-7(2)10(13)14/h3-4,7H,5H2,1-2H3,(H,11,12)(H,13,14). The molecule has 0 aliphatic rings. The van der Waals surface area contributed by atoms with Crippen molar-refractivity contribution in [2.45, 2.75) is 26.3 Å². The summed E-state index contributed by atoms with van der Waals surface area (Å²) in [7, 11) is 0. The number of rotatable bonds is 4. The lowest BCUT2D eigenvalue weighted by atomic mass is 10.3. The van der Waals surface area contributed by atoms with Crippen molar-refractivity contribution in [3.05, 3.63) is 23.7 Å². The summed E-state index contributed by atoms with van der Waals surface area (Å²) >= 11 is 0. The minimum Gasteiger partial charge on any atom is -0.480 e. The number of carbonyl (C=O) groups excluding carboxylic acids is 1. The van der Waals surface area contributed by atoms with Gasteiger partial charge in [-0.15, -0.1) is 0 Å². The van der Waals surface area contributed by atoms with Gasteiger partial charge in [-0.2, -0.15) is 0 Å². The van der Waals surface area contributed by atoms with Crippen LogP contribution < -0.4 is 5.32 Å². The Morgan fingerprint density at radius 1 is 1.53 bits per heavy atom. The number of furan rings is 1. The average molecular weight is 211 g/mol. The van der Waals surface area contributed by atoms with Gasteiger partial charge in [0.05, 0.1) is 6.42 Å². The molecule has 1 rings (SSSR count). The Morgan fingerprint density at radius 2 is 2.20 bits per heavy atom. The molecule has 0 radical (unpaired) electrons. The highest BCUT2D eigenvalue weighted by molar-refractivity contribution is 5.84. The van der Waals surface area contributed by atoms with Crippen molar-refractivity contribution >= 4 is 11.9 Å². The van der Waals surface area contributed by atoms with E-state index in [2.05, 4.69) is 5.32 Å². The molecule has 0 spiro atoms. The van der Waals surface area contributed by atoms with Crippen molar-refractivity contribution in [3.63, 3.8) is 0 Å². The Labute approximate surface area is 87.1 Å². The van der Waals surface area contributed by atoms with Gasteiger partial charge >= 0.3 is 5.97 Å². The predicted molar refractivity (Wildman–Crippen MR) is 52.4 cm³/mol. The van der Waals surface area contributed by atoms with Crippen molar-refractivity contribution in [1.29, 1.82) is 0 Å². The molecule has 0 saturated carbocycles. The van der Waals surface area contributed by atoms with Crippen molar-refractivity contribution in [2.24, 2.45) is 0 Å². The summed E-state index contributed by atoms with van der Waals surface area (Å²) in [5.41, 5.74) is 0. The third-order valence-electron chi connectivity index (χ3n) is 1.88. The van der Waals surface area contributed by atoms with E-state index in [-0.39, 0.29) is 12.3 Å². The van der Waals surface area contributed by atoms with Gasteiger partial charge in [-0.1, -0.05) is 0 Å². The highest BCUT2D eigenvalue weighted by Gasteiger charge is 2.14. The summed E-state index contributed by atoms with van der Waals surface area (Å²) in [6, 6.07) is 2.57. The molecular formula is C10H13NO4. The van der Waals surface area contributed by atoms with Crippen molar-refractivity contribution in [1.82, 2.24) is 5.32 Å². The minimum absolute atomic E-state index is 0.0610. The molecular weight excluding hydrogens is 198 g/mol. The van der Waals surface area contributed by atoms with Crippen LogP contribution in [-0.4, -0.2) is 23.0 Å². The number of hydrogen-bond acceptors (Lipinski definition) is 3. The Kier molecular flexibility index (Phi) is 3.49. The van der Waals surface area contributed by atoms with Crippen LogP contribution in [0.15, 0.2) is 16.5 Å². The largest absolute Gasteiger partial charge is 0.480 e. The lowest BCUT2D eigenvalue weighted by Crippen LogP contribution is -2.39. The van der Waals surface area contributed by atoms with Gasteiger partial charge in [-0.25, -0.2) is 0 Å². The first-order valence-corrected chi connectivity index (χ1v) is 4.56. The average Bonchev–Trinajstić information content (AvgIpc) is 2.50. The first kappa shape index (κ1) is 11.3. The number of carbonyl (C=O) groups is 2. The fraction of sp³-hybridized carbons (Fsp3) is 0.400. The van der Waals surface area contributed by atoms with Gasteiger partial charge in [-0.05, 0) is 26.0 Å². The van der Waals surface area contributed by atoms with Crippen LogP contribution in [-0.2, 0) is 16.0 Å². The molecule has 1 atom stereocenters. The lowest BCUT2D eigenvalue weighted by molar-refractivity contribution is -0.141. The molecule has 0 aromatic carbocycles. The van der Waals surface area contributed by atoms with Gasteiger partial charge in [0, 0.05) is 0 Å². The van der Waals surface area contributed by atoms with E-state index in [0.717, 1.165) is 5.76 Å². The highest BCUT2D eigenvalue weighted by atomic mass is 16.4. The molecule has 5 heteroatoms. The summed E-state index contributed by atoms with van der Waals surface area (Å²) in [6.45, 7) is 3.19. The van der Waals surface area contributed by atoms with E-state index in [0.29, 0.717) is 5.76 Å². The van der Waals surface area contributed by atoms with E-state index < -0.39 is 12.0 Å². The fourth-order valence-corrected chi connectivity index (χ4v) is 1.09. The molecule has 1 aromatic rings. The number of nitrogens with one attached hydrogen (secondary N) is 1. The van der Waals surface area contributed by atoms with Crippen molar-refractivity contribution < 1.29 is 19.1 Å². The molecule has 15 heavy (non-hydrogen) atoms. The second-order valence-electron chi connectivity index (χ2n) is 3.32. The first-order valence-electron chi connectivity index (χ1n) is 4.56. The molecule has 1 heterocycles. The van der Waals surface area contributed by atoms with Gasteiger partial charge in [0.15, 0.2) is 0 Å². The topological polar surface area (TPSA) is 79.5 Å². The van der Waals surface area contributed by atoms with E-state index in [9.17, 15) is 9.59 Å². The third-order valence-corrected chi connectivity index (χ3v) is 1.88. The summed E-state index contributed by atoms with van der Waals surface area (Å²) in [6.07, 6.45) is 0.0610. The smallest absolute Gasteiger partial charge is 0.325 e. The number of aryl methyl sites for hydroxylation is 1. The molecule has 0 fully saturated rings. The molecule has 1 amide bonds. The second-order valence-corrected chi connectivity index (χ2v) is 3.32. The minimum atomic E-state index is -1.06. The van der Waals surface area contributed by atoms with Gasteiger partial charge in [0.1, 0.15) is 17.6 Å². The van der Waals surface area contributed by atoms with Crippen LogP contribution in [0.4, 0.5) is 0 Å². The maximum atomic E-state index is 11.3. The molecule has 0 bridgehead atoms. The van der Waals surface area contributed by atoms with Crippen LogP contribution in [0.1, 0.15) is 18.4 Å². The summed E-state index contributed by atoms with van der Waals surface area (Å²) in [5.74, 6) is -0.162. The zero-order valence-electron chi connectivity index (χ0n) is 8.61. The predicted octanol–water partition coefficient (Wildman–Crippen LogP) is 0.720. The Hall–Kier alpha value is -1.78. The first-order chi connectivity index (χ1) is 6.99. The van der Waals surface area contributed by atoms with E-state index in [4.69, 9.17) is 9.52 Å². The molecule has 5 nitrogen and oxygen atoms in total. The lowest BCUT2D eigenvalue weighted by Gasteiger charge is -2.07. The molecule has 2 N–H and O–H groups in total. The zero-order valence-corrected chi connectivity index (χ0v) is 8.61. The number of hydrogen-bond donors (Lipinski definition) is 2. The van der Waals surface area contributed by atoms with E-state index >= 15 is 0 Å². The van der Waals surface area contributed by atoms with Crippen LogP contribution in [0.25, 0.3) is 0 Å². The molecule has 0 aliphatic carbocycles. The van der Waals surface area contributed by atoms with Gasteiger partial charge in [-0.3, -0.25) is 9.59 Å². The maximum absolute atomic E-state index is 11.3. The number of carboxylic acids is 1. The van der Waals surface area contributed by atoms with Crippen LogP contribution in [0.5, 0.6) is 0 Å². The zero-order chi connectivity index (χ0) is 11.4. The summed E-state index contributed by atoms with van der Waals surface area (Å²) in [5, 5.41) is 10.9. The monoisotopic (exact) mass is 211 g/mol. The quantitative estimate of drug-likeness (QED) is 0.769. The summed E-state index contributed by atoms with van der Waals surface area (Å²) in [4.78, 5) is 21.8. The molecule has 0 aliphatic heterocycles. The molecule has 0 saturated heterocycles. The number of carboxylic acid groups (broad SMARTS) is 1. The molecule has 82 valence electrons. The SMILES string of the molecule is Cc1ccc(CC(=O)NC(C)C(=O)O)o1. The van der Waals surface area contributed by atoms with Crippen LogP contribution in [0.3, 0.4) is 0 Å². The highest BCUT2D eigenvalue weighted by Crippen LogP contribution is 2.06. The van der Waals surface area contributed by atoms with E-state index in [1.165, 1.54) is 6.92 Å². The van der Waals surface area contributed by atoms with E-state index in [1.54, 1.807) is 19.1 Å². The third kappa shape index (κ3) is 3.46. The number of amides is 1. The van der Waals surface area contributed by atoms with Gasteiger partial charge in [0.2, 0.25) is 5.91 Å². The maximum Gasteiger partial charge on any atom is 0.325 e. The van der Waals surface area contributed by atoms with Gasteiger partial charge in [0.25, 0.3) is 0 Å². The Bertz CT molecular complexity index is 369. The Balaban J connectivity index is 2.46. The van der Waals surface area contributed by atoms with Crippen LogP contribution >= 0.6 is 0 Å². The Morgan fingerprint density at radius 3 is 2.67 bits per heavy atom. The second kappa shape index (κ2) is 4.63. The summed E-state index contributed by atoms with van der Waals surface area (Å²) < 4.78 is 5.19. The van der Waals surface area contributed by atoms with E-state index in [1.807, 2.05) is 0 Å². The fourth-order valence-electron chi connectivity index (χ4n) is 1.09. The normalized spacial score (nSPS) is 12.1.